The van der Waals surface area contributed by atoms with Crippen molar-refractivity contribution in [3.63, 3.8) is 0 Å². The predicted octanol–water partition coefficient (Wildman–Crippen LogP) is -1.55. The van der Waals surface area contributed by atoms with Gasteiger partial charge in [-0.3, -0.25) is 0 Å². The van der Waals surface area contributed by atoms with E-state index in [1.165, 1.54) is 10.5 Å². The largest absolute Gasteiger partial charge is 1.00 e. The van der Waals surface area contributed by atoms with E-state index in [1.807, 2.05) is 18.2 Å². The number of hydrogen-bond acceptors (Lipinski definition) is 0. The van der Waals surface area contributed by atoms with Crippen molar-refractivity contribution in [3.05, 3.63) is 61.2 Å². The van der Waals surface area contributed by atoms with Gasteiger partial charge in [0.15, 0.2) is 0 Å². The van der Waals surface area contributed by atoms with Crippen molar-refractivity contribution in [2.24, 2.45) is 0 Å². The van der Waals surface area contributed by atoms with E-state index in [0.717, 1.165) is 6.54 Å². The predicted molar refractivity (Wildman–Crippen MR) is 61.2 cm³/mol. The molecule has 1 unspecified atom stereocenters. The van der Waals surface area contributed by atoms with E-state index in [2.05, 4.69) is 44.5 Å². The first-order valence-electron chi connectivity index (χ1n) is 4.89. The van der Waals surface area contributed by atoms with Crippen LogP contribution in [0.15, 0.2) is 55.6 Å². The summed E-state index contributed by atoms with van der Waals surface area (Å²) < 4.78 is 0. The van der Waals surface area contributed by atoms with Gasteiger partial charge in [-0.05, 0) is 12.2 Å². The van der Waals surface area contributed by atoms with E-state index in [4.69, 9.17) is 0 Å². The Bertz CT molecular complexity index is 287. The second kappa shape index (κ2) is 7.27. The molecule has 0 aliphatic heterocycles. The molecule has 0 aromatic heterocycles. The van der Waals surface area contributed by atoms with E-state index in [1.54, 1.807) is 0 Å². The molecule has 1 N–H and O–H groups in total. The number of rotatable bonds is 5. The van der Waals surface area contributed by atoms with Gasteiger partial charge in [0, 0.05) is 5.56 Å². The molecule has 2 heteroatoms. The summed E-state index contributed by atoms with van der Waals surface area (Å²) in [6, 6.07) is 10.8. The fourth-order valence-corrected chi connectivity index (χ4v) is 1.53. The molecule has 1 nitrogen and oxygen atoms in total. The first kappa shape index (κ1) is 13.9. The van der Waals surface area contributed by atoms with Crippen LogP contribution in [0, 0.1) is 0 Å². The minimum absolute atomic E-state index is 0. The Balaban J connectivity index is 0.00000196. The van der Waals surface area contributed by atoms with Crippen LogP contribution in [0.1, 0.15) is 5.56 Å². The first-order chi connectivity index (χ1) is 6.77. The van der Waals surface area contributed by atoms with Crippen LogP contribution in [0.5, 0.6) is 0 Å². The van der Waals surface area contributed by atoms with Gasteiger partial charge in [0.1, 0.15) is 12.6 Å². The molecule has 0 spiro atoms. The van der Waals surface area contributed by atoms with Crippen molar-refractivity contribution in [3.8, 4) is 0 Å². The molecule has 0 saturated heterocycles. The van der Waals surface area contributed by atoms with Gasteiger partial charge in [-0.1, -0.05) is 43.5 Å². The molecule has 0 fully saturated rings. The second-order valence-electron chi connectivity index (χ2n) is 3.51. The number of benzene rings is 1. The minimum Gasteiger partial charge on any atom is -1.00 e. The minimum atomic E-state index is 0. The third kappa shape index (κ3) is 4.32. The Morgan fingerprint density at radius 1 is 1.20 bits per heavy atom. The molecular formula is C13H18ClN. The van der Waals surface area contributed by atoms with Crippen LogP contribution in [-0.4, -0.2) is 13.1 Å². The van der Waals surface area contributed by atoms with Crippen molar-refractivity contribution in [1.29, 1.82) is 0 Å². The van der Waals surface area contributed by atoms with Crippen LogP contribution in [0.25, 0.3) is 0 Å². The number of likely N-dealkylation sites (N-methyl/N-ethyl adjacent to an activating group) is 1. The number of quaternary nitrogens is 1. The van der Waals surface area contributed by atoms with Gasteiger partial charge in [-0.15, -0.1) is 0 Å². The second-order valence-corrected chi connectivity index (χ2v) is 3.51. The molecule has 1 rings (SSSR count). The average molecular weight is 224 g/mol. The molecule has 82 valence electrons. The summed E-state index contributed by atoms with van der Waals surface area (Å²) in [7, 11) is 2.15. The molecule has 0 heterocycles. The monoisotopic (exact) mass is 223 g/mol. The highest BCUT2D eigenvalue weighted by Crippen LogP contribution is 1.95. The van der Waals surface area contributed by atoms with Crippen molar-refractivity contribution in [1.82, 2.24) is 0 Å². The van der Waals surface area contributed by atoms with Crippen LogP contribution in [0.3, 0.4) is 0 Å². The zero-order valence-corrected chi connectivity index (χ0v) is 9.87. The van der Waals surface area contributed by atoms with Crippen LogP contribution in [0.4, 0.5) is 0 Å². The smallest absolute Gasteiger partial charge is 0.124 e. The van der Waals surface area contributed by atoms with Gasteiger partial charge in [-0.25, -0.2) is 0 Å². The Morgan fingerprint density at radius 3 is 2.20 bits per heavy atom. The van der Waals surface area contributed by atoms with Gasteiger partial charge in [0.05, 0.1) is 7.05 Å². The van der Waals surface area contributed by atoms with Gasteiger partial charge >= 0.3 is 0 Å². The summed E-state index contributed by atoms with van der Waals surface area (Å²) in [5.74, 6) is 0. The van der Waals surface area contributed by atoms with Crippen molar-refractivity contribution < 1.29 is 17.3 Å². The summed E-state index contributed by atoms with van der Waals surface area (Å²) >= 11 is 0. The SMILES string of the molecule is C=CC(C=C)[NH+](C)Cc1ccccc1.[Cl-]. The van der Waals surface area contributed by atoms with E-state index < -0.39 is 0 Å². The lowest BCUT2D eigenvalue weighted by molar-refractivity contribution is -0.905. The van der Waals surface area contributed by atoms with Crippen LogP contribution < -0.4 is 17.3 Å². The molecule has 0 radical (unpaired) electrons. The summed E-state index contributed by atoms with van der Waals surface area (Å²) in [6.45, 7) is 8.61. The summed E-state index contributed by atoms with van der Waals surface area (Å²) in [5.41, 5.74) is 1.35. The van der Waals surface area contributed by atoms with Gasteiger partial charge in [-0.2, -0.15) is 0 Å². The third-order valence-electron chi connectivity index (χ3n) is 2.40. The average Bonchev–Trinajstić information content (AvgIpc) is 2.21. The maximum absolute atomic E-state index is 3.80. The van der Waals surface area contributed by atoms with Crippen LogP contribution in [-0.2, 0) is 6.54 Å². The summed E-state index contributed by atoms with van der Waals surface area (Å²) in [6.07, 6.45) is 3.87. The zero-order valence-electron chi connectivity index (χ0n) is 9.12. The van der Waals surface area contributed by atoms with Crippen molar-refractivity contribution in [2.45, 2.75) is 12.6 Å². The quantitative estimate of drug-likeness (QED) is 0.577. The maximum atomic E-state index is 3.80. The van der Waals surface area contributed by atoms with E-state index in [-0.39, 0.29) is 12.4 Å². The molecule has 0 bridgehead atoms. The van der Waals surface area contributed by atoms with Crippen LogP contribution in [0.2, 0.25) is 0 Å². The topological polar surface area (TPSA) is 4.44 Å². The fraction of sp³-hybridized carbons (Fsp3) is 0.231. The molecule has 1 atom stereocenters. The molecular weight excluding hydrogens is 206 g/mol. The molecule has 0 saturated carbocycles. The molecule has 0 aliphatic carbocycles. The van der Waals surface area contributed by atoms with Gasteiger partial charge in [0.25, 0.3) is 0 Å². The normalized spacial score (nSPS) is 11.6. The number of halogens is 1. The summed E-state index contributed by atoms with van der Waals surface area (Å²) in [4.78, 5) is 1.39. The van der Waals surface area contributed by atoms with Crippen LogP contribution >= 0.6 is 0 Å². The molecule has 15 heavy (non-hydrogen) atoms. The lowest BCUT2D eigenvalue weighted by Crippen LogP contribution is -3.11. The van der Waals surface area contributed by atoms with E-state index in [0.29, 0.717) is 6.04 Å². The Morgan fingerprint density at radius 2 is 1.73 bits per heavy atom. The molecule has 0 amide bonds. The lowest BCUT2D eigenvalue weighted by atomic mass is 10.2. The third-order valence-corrected chi connectivity index (χ3v) is 2.40. The summed E-state index contributed by atoms with van der Waals surface area (Å²) in [5, 5.41) is 0. The van der Waals surface area contributed by atoms with Gasteiger partial charge in [0.2, 0.25) is 0 Å². The highest BCUT2D eigenvalue weighted by molar-refractivity contribution is 5.13. The molecule has 1 aromatic carbocycles. The number of nitrogens with one attached hydrogen (secondary N) is 1. The first-order valence-corrected chi connectivity index (χ1v) is 4.89. The standard InChI is InChI=1S/C13H17N.ClH/c1-4-13(5-2)14(3)11-12-9-7-6-8-10-12;/h4-10,13H,1-2,11H2,3H3;1H. The highest BCUT2D eigenvalue weighted by atomic mass is 35.5. The Hall–Kier alpha value is -1.05. The Kier molecular flexibility index (Phi) is 6.76. The van der Waals surface area contributed by atoms with Gasteiger partial charge < -0.3 is 17.3 Å². The highest BCUT2D eigenvalue weighted by Gasteiger charge is 2.10. The fourth-order valence-electron chi connectivity index (χ4n) is 1.53. The van der Waals surface area contributed by atoms with Crippen molar-refractivity contribution in [2.75, 3.05) is 7.05 Å². The Labute approximate surface area is 98.5 Å². The maximum Gasteiger partial charge on any atom is 0.124 e. The van der Waals surface area contributed by atoms with E-state index >= 15 is 0 Å². The number of hydrogen-bond donors (Lipinski definition) is 1. The van der Waals surface area contributed by atoms with E-state index in [9.17, 15) is 0 Å². The molecule has 0 aliphatic rings. The van der Waals surface area contributed by atoms with Crippen molar-refractivity contribution >= 4 is 0 Å². The zero-order chi connectivity index (χ0) is 10.4. The molecule has 1 aromatic rings. The lowest BCUT2D eigenvalue weighted by Gasteiger charge is -2.19.